The highest BCUT2D eigenvalue weighted by atomic mass is 32.1. The van der Waals surface area contributed by atoms with Gasteiger partial charge in [0, 0.05) is 17.6 Å². The fourth-order valence-corrected chi connectivity index (χ4v) is 2.65. The van der Waals surface area contributed by atoms with Crippen molar-refractivity contribution < 1.29 is 9.21 Å². The van der Waals surface area contributed by atoms with Crippen LogP contribution in [0, 0.1) is 6.92 Å². The number of carbonyl (C=O) groups is 1. The second-order valence-corrected chi connectivity index (χ2v) is 5.54. The minimum atomic E-state index is -0.112. The lowest BCUT2D eigenvalue weighted by Crippen LogP contribution is -2.24. The van der Waals surface area contributed by atoms with Gasteiger partial charge in [0.05, 0.1) is 17.1 Å². The molecule has 2 aromatic rings. The number of furan rings is 1. The van der Waals surface area contributed by atoms with Crippen molar-refractivity contribution in [3.05, 3.63) is 39.7 Å². The number of thiazole rings is 1. The number of nitrogens with two attached hydrogens (primary N) is 1. The molecule has 0 fully saturated rings. The average Bonchev–Trinajstić information content (AvgIpc) is 3.07. The minimum Gasteiger partial charge on any atom is -0.467 e. The molecule has 2 heterocycles. The molecule has 2 aromatic heterocycles. The van der Waals surface area contributed by atoms with Crippen molar-refractivity contribution in [2.24, 2.45) is 5.73 Å². The van der Waals surface area contributed by atoms with Crippen LogP contribution in [0.15, 0.2) is 22.1 Å². The van der Waals surface area contributed by atoms with Crippen LogP contribution >= 0.6 is 11.3 Å². The number of nitrogens with zero attached hydrogens (tertiary/aromatic N) is 1. The van der Waals surface area contributed by atoms with E-state index in [4.69, 9.17) is 10.2 Å². The number of aromatic nitrogens is 1. The van der Waals surface area contributed by atoms with Crippen LogP contribution in [0.3, 0.4) is 0 Å². The largest absolute Gasteiger partial charge is 0.467 e. The summed E-state index contributed by atoms with van der Waals surface area (Å²) in [6.45, 7) is 2.97. The van der Waals surface area contributed by atoms with Gasteiger partial charge in [-0.25, -0.2) is 4.98 Å². The first-order chi connectivity index (χ1) is 9.69. The lowest BCUT2D eigenvalue weighted by molar-refractivity contribution is 0.0952. The zero-order valence-corrected chi connectivity index (χ0v) is 12.3. The Morgan fingerprint density at radius 1 is 1.50 bits per heavy atom. The Morgan fingerprint density at radius 3 is 3.00 bits per heavy atom. The molecule has 0 bridgehead atoms. The Morgan fingerprint density at radius 2 is 2.35 bits per heavy atom. The second kappa shape index (κ2) is 7.21. The Hall–Kier alpha value is -1.66. The van der Waals surface area contributed by atoms with Gasteiger partial charge in [-0.3, -0.25) is 4.79 Å². The van der Waals surface area contributed by atoms with E-state index in [9.17, 15) is 4.79 Å². The van der Waals surface area contributed by atoms with Crippen molar-refractivity contribution in [2.75, 3.05) is 6.54 Å². The topological polar surface area (TPSA) is 81.2 Å². The fourth-order valence-electron chi connectivity index (χ4n) is 1.83. The highest BCUT2D eigenvalue weighted by Gasteiger charge is 2.08. The van der Waals surface area contributed by atoms with Crippen LogP contribution in [-0.4, -0.2) is 17.4 Å². The fraction of sp³-hybridized carbons (Fsp3) is 0.429. The molecule has 0 aliphatic heterocycles. The van der Waals surface area contributed by atoms with E-state index in [1.54, 1.807) is 17.4 Å². The maximum absolute atomic E-state index is 11.8. The van der Waals surface area contributed by atoms with Gasteiger partial charge in [-0.2, -0.15) is 0 Å². The van der Waals surface area contributed by atoms with Crippen molar-refractivity contribution in [2.45, 2.75) is 32.7 Å². The lowest BCUT2D eigenvalue weighted by Gasteiger charge is -2.02. The number of hydrogen-bond donors (Lipinski definition) is 2. The molecule has 5 nitrogen and oxygen atoms in total. The van der Waals surface area contributed by atoms with Crippen LogP contribution in [0.5, 0.6) is 0 Å². The van der Waals surface area contributed by atoms with Crippen molar-refractivity contribution in [3.63, 3.8) is 0 Å². The van der Waals surface area contributed by atoms with Crippen molar-refractivity contribution in [3.8, 4) is 0 Å². The van der Waals surface area contributed by atoms with E-state index in [1.165, 1.54) is 6.26 Å². The summed E-state index contributed by atoms with van der Waals surface area (Å²) in [4.78, 5) is 16.2. The van der Waals surface area contributed by atoms with Gasteiger partial charge in [0.25, 0.3) is 5.91 Å². The first-order valence-electron chi connectivity index (χ1n) is 6.65. The molecule has 1 amide bonds. The molecule has 2 rings (SSSR count). The van der Waals surface area contributed by atoms with E-state index in [2.05, 4.69) is 15.7 Å². The van der Waals surface area contributed by atoms with Crippen LogP contribution in [-0.2, 0) is 13.0 Å². The lowest BCUT2D eigenvalue weighted by atomic mass is 10.2. The van der Waals surface area contributed by atoms with E-state index in [0.717, 1.165) is 30.0 Å². The van der Waals surface area contributed by atoms with Gasteiger partial charge < -0.3 is 15.5 Å². The van der Waals surface area contributed by atoms with Gasteiger partial charge in [0.15, 0.2) is 0 Å². The predicted octanol–water partition coefficient (Wildman–Crippen LogP) is 2.26. The number of aryl methyl sites for hydroxylation is 2. The third-order valence-electron chi connectivity index (χ3n) is 2.89. The number of nitrogens with one attached hydrogen (secondary N) is 1. The number of unbranched alkanes of at least 4 members (excludes halogenated alkanes) is 1. The first kappa shape index (κ1) is 14.7. The molecule has 0 aliphatic carbocycles. The van der Waals surface area contributed by atoms with Crippen LogP contribution in [0.2, 0.25) is 0 Å². The van der Waals surface area contributed by atoms with Crippen molar-refractivity contribution >= 4 is 17.2 Å². The minimum absolute atomic E-state index is 0.112. The molecule has 0 aliphatic rings. The van der Waals surface area contributed by atoms with Crippen LogP contribution in [0.25, 0.3) is 0 Å². The highest BCUT2D eigenvalue weighted by Crippen LogP contribution is 2.11. The molecule has 20 heavy (non-hydrogen) atoms. The quantitative estimate of drug-likeness (QED) is 0.767. The molecule has 0 atom stereocenters. The maximum Gasteiger partial charge on any atom is 0.254 e. The number of carbonyl (C=O) groups excluding carboxylic acids is 1. The number of amides is 1. The Balaban J connectivity index is 1.64. The smallest absolute Gasteiger partial charge is 0.254 e. The second-order valence-electron chi connectivity index (χ2n) is 4.60. The molecule has 0 aromatic carbocycles. The molecular weight excluding hydrogens is 274 g/mol. The zero-order valence-electron chi connectivity index (χ0n) is 11.5. The van der Waals surface area contributed by atoms with Crippen LogP contribution < -0.4 is 11.1 Å². The third-order valence-corrected chi connectivity index (χ3v) is 3.91. The summed E-state index contributed by atoms with van der Waals surface area (Å²) >= 11 is 1.69. The summed E-state index contributed by atoms with van der Waals surface area (Å²) in [5.41, 5.74) is 7.04. The van der Waals surface area contributed by atoms with Gasteiger partial charge in [0.2, 0.25) is 0 Å². The van der Waals surface area contributed by atoms with Crippen molar-refractivity contribution in [1.82, 2.24) is 10.3 Å². The summed E-state index contributed by atoms with van der Waals surface area (Å²) < 4.78 is 5.13. The van der Waals surface area contributed by atoms with E-state index >= 15 is 0 Å². The van der Waals surface area contributed by atoms with Crippen LogP contribution in [0.4, 0.5) is 0 Å². The van der Waals surface area contributed by atoms with Gasteiger partial charge >= 0.3 is 0 Å². The normalized spacial score (nSPS) is 10.7. The molecule has 0 saturated carbocycles. The summed E-state index contributed by atoms with van der Waals surface area (Å²) in [5, 5.41) is 6.09. The zero-order chi connectivity index (χ0) is 14.4. The molecule has 108 valence electrons. The number of hydrogen-bond acceptors (Lipinski definition) is 5. The summed E-state index contributed by atoms with van der Waals surface area (Å²) in [6, 6.07) is 1.67. The van der Waals surface area contributed by atoms with Crippen LogP contribution in [0.1, 0.15) is 39.7 Å². The van der Waals surface area contributed by atoms with Crippen molar-refractivity contribution in [1.29, 1.82) is 0 Å². The summed E-state index contributed by atoms with van der Waals surface area (Å²) in [5.74, 6) is 0.507. The maximum atomic E-state index is 11.8. The monoisotopic (exact) mass is 293 g/mol. The van der Waals surface area contributed by atoms with E-state index in [0.29, 0.717) is 24.4 Å². The van der Waals surface area contributed by atoms with E-state index in [1.807, 2.05) is 6.92 Å². The average molecular weight is 293 g/mol. The highest BCUT2D eigenvalue weighted by molar-refractivity contribution is 7.09. The Bertz CT molecular complexity index is 562. The molecular formula is C14H19N3O2S. The summed E-state index contributed by atoms with van der Waals surface area (Å²) in [6.07, 6.45) is 4.37. The van der Waals surface area contributed by atoms with Gasteiger partial charge in [0.1, 0.15) is 12.0 Å². The standard InChI is InChI=1S/C14H19N3O2S/c1-10-9-20-13(17-10)4-2-3-5-16-14(18)11-6-12(7-15)19-8-11/h6,8-9H,2-5,7,15H2,1H3,(H,16,18). The third kappa shape index (κ3) is 4.18. The molecule has 6 heteroatoms. The van der Waals surface area contributed by atoms with E-state index in [-0.39, 0.29) is 5.91 Å². The molecule has 0 radical (unpaired) electrons. The Kier molecular flexibility index (Phi) is 5.31. The first-order valence-corrected chi connectivity index (χ1v) is 7.53. The van der Waals surface area contributed by atoms with Gasteiger partial charge in [-0.1, -0.05) is 0 Å². The SMILES string of the molecule is Cc1csc(CCCCNC(=O)c2coc(CN)c2)n1. The predicted molar refractivity (Wildman–Crippen MR) is 78.7 cm³/mol. The molecule has 0 spiro atoms. The number of rotatable bonds is 7. The van der Waals surface area contributed by atoms with Gasteiger partial charge in [-0.15, -0.1) is 11.3 Å². The molecule has 0 saturated heterocycles. The summed E-state index contributed by atoms with van der Waals surface area (Å²) in [7, 11) is 0. The van der Waals surface area contributed by atoms with Gasteiger partial charge in [-0.05, 0) is 32.3 Å². The van der Waals surface area contributed by atoms with E-state index < -0.39 is 0 Å². The molecule has 3 N–H and O–H groups in total. The molecule has 0 unspecified atom stereocenters. The Labute approximate surface area is 122 Å².